The molecule has 0 aliphatic carbocycles. The predicted octanol–water partition coefficient (Wildman–Crippen LogP) is 3.75. The summed E-state index contributed by atoms with van der Waals surface area (Å²) < 4.78 is 44.4. The molecule has 0 radical (unpaired) electrons. The summed E-state index contributed by atoms with van der Waals surface area (Å²) in [6.07, 6.45) is 0. The van der Waals surface area contributed by atoms with E-state index < -0.39 is 34.5 Å². The molecular formula is C18H17F2NO7. The maximum Gasteiger partial charge on any atom is 0.387 e. The van der Waals surface area contributed by atoms with Gasteiger partial charge in [-0.05, 0) is 18.6 Å². The number of methoxy groups -OCH3 is 1. The average Bonchev–Trinajstić information content (AvgIpc) is 2.65. The van der Waals surface area contributed by atoms with Crippen LogP contribution in [0.2, 0.25) is 0 Å². The van der Waals surface area contributed by atoms with Crippen molar-refractivity contribution in [2.24, 2.45) is 0 Å². The number of rotatable bonds is 9. The minimum atomic E-state index is -3.22. The number of hydrogen-bond acceptors (Lipinski definition) is 7. The lowest BCUT2D eigenvalue weighted by atomic mass is 10.1. The van der Waals surface area contributed by atoms with Gasteiger partial charge in [-0.2, -0.15) is 8.78 Å². The number of alkyl halides is 2. The standard InChI is InChI=1S/C18H17F2NO7/c1-11-5-3-4-6-14(11)26-7-8-27-17(22)12-9-15(25-2)16(28-18(19)20)10-13(12)21(23)24/h3-6,9-10,18H,7-8H2,1-2H3. The van der Waals surface area contributed by atoms with E-state index in [0.29, 0.717) is 11.8 Å². The Morgan fingerprint density at radius 2 is 1.86 bits per heavy atom. The van der Waals surface area contributed by atoms with E-state index in [1.54, 1.807) is 12.1 Å². The molecule has 0 amide bonds. The summed E-state index contributed by atoms with van der Waals surface area (Å²) in [4.78, 5) is 22.5. The molecule has 0 aliphatic rings. The number of ether oxygens (including phenoxy) is 4. The molecule has 0 N–H and O–H groups in total. The highest BCUT2D eigenvalue weighted by Crippen LogP contribution is 2.36. The Morgan fingerprint density at radius 3 is 2.46 bits per heavy atom. The maximum atomic E-state index is 12.4. The molecule has 10 heteroatoms. The first-order valence-electron chi connectivity index (χ1n) is 8.00. The highest BCUT2D eigenvalue weighted by Gasteiger charge is 2.27. The van der Waals surface area contributed by atoms with E-state index in [0.717, 1.165) is 18.7 Å². The van der Waals surface area contributed by atoms with Crippen molar-refractivity contribution in [2.75, 3.05) is 20.3 Å². The molecule has 0 atom stereocenters. The summed E-state index contributed by atoms with van der Waals surface area (Å²) in [7, 11) is 1.14. The van der Waals surface area contributed by atoms with Crippen LogP contribution in [0.15, 0.2) is 36.4 Å². The predicted molar refractivity (Wildman–Crippen MR) is 93.2 cm³/mol. The zero-order valence-electron chi connectivity index (χ0n) is 15.0. The van der Waals surface area contributed by atoms with Gasteiger partial charge in [-0.1, -0.05) is 18.2 Å². The van der Waals surface area contributed by atoms with Crippen LogP contribution in [0.4, 0.5) is 14.5 Å². The van der Waals surface area contributed by atoms with E-state index >= 15 is 0 Å². The number of benzene rings is 2. The van der Waals surface area contributed by atoms with E-state index in [1.807, 2.05) is 19.1 Å². The Morgan fingerprint density at radius 1 is 1.14 bits per heavy atom. The number of esters is 1. The van der Waals surface area contributed by atoms with Crippen LogP contribution in [0.25, 0.3) is 0 Å². The number of nitrogens with zero attached hydrogens (tertiary/aromatic N) is 1. The van der Waals surface area contributed by atoms with Gasteiger partial charge in [0.2, 0.25) is 0 Å². The van der Waals surface area contributed by atoms with Gasteiger partial charge in [0, 0.05) is 6.07 Å². The number of halogens is 2. The first-order chi connectivity index (χ1) is 13.3. The fraction of sp³-hybridized carbons (Fsp3) is 0.278. The summed E-state index contributed by atoms with van der Waals surface area (Å²) in [6.45, 7) is -1.53. The molecule has 8 nitrogen and oxygen atoms in total. The fourth-order valence-corrected chi connectivity index (χ4v) is 2.29. The van der Waals surface area contributed by atoms with Gasteiger partial charge in [-0.25, -0.2) is 4.79 Å². The zero-order chi connectivity index (χ0) is 20.7. The molecular weight excluding hydrogens is 380 g/mol. The SMILES string of the molecule is COc1cc(C(=O)OCCOc2ccccc2C)c([N+](=O)[O-])cc1OC(F)F. The molecule has 28 heavy (non-hydrogen) atoms. The zero-order valence-corrected chi connectivity index (χ0v) is 15.0. The van der Waals surface area contributed by atoms with Crippen LogP contribution in [0, 0.1) is 17.0 Å². The number of para-hydroxylation sites is 1. The second-order valence-electron chi connectivity index (χ2n) is 5.41. The number of nitro groups is 1. The van der Waals surface area contributed by atoms with Crippen LogP contribution in [0.5, 0.6) is 17.2 Å². The summed E-state index contributed by atoms with van der Waals surface area (Å²) in [5.41, 5.74) is -0.315. The minimum Gasteiger partial charge on any atom is -0.493 e. The van der Waals surface area contributed by atoms with Crippen LogP contribution in [0.3, 0.4) is 0 Å². The molecule has 0 saturated heterocycles. The average molecular weight is 397 g/mol. The first-order valence-corrected chi connectivity index (χ1v) is 8.00. The Labute approximate surface area is 158 Å². The van der Waals surface area contributed by atoms with E-state index in [-0.39, 0.29) is 19.0 Å². The molecule has 0 aromatic heterocycles. The Bertz CT molecular complexity index is 858. The van der Waals surface area contributed by atoms with Crippen LogP contribution < -0.4 is 14.2 Å². The number of aryl methyl sites for hydroxylation is 1. The van der Waals surface area contributed by atoms with Crippen LogP contribution in [-0.4, -0.2) is 37.8 Å². The number of hydrogen-bond donors (Lipinski definition) is 0. The largest absolute Gasteiger partial charge is 0.493 e. The van der Waals surface area contributed by atoms with Crippen molar-refractivity contribution >= 4 is 11.7 Å². The summed E-state index contributed by atoms with van der Waals surface area (Å²) in [6, 6.07) is 8.82. The second-order valence-corrected chi connectivity index (χ2v) is 5.41. The number of nitro benzene ring substituents is 1. The van der Waals surface area contributed by atoms with Crippen LogP contribution in [-0.2, 0) is 4.74 Å². The van der Waals surface area contributed by atoms with Crippen LogP contribution >= 0.6 is 0 Å². The normalized spacial score (nSPS) is 10.5. The molecule has 0 unspecified atom stereocenters. The lowest BCUT2D eigenvalue weighted by Gasteiger charge is -2.12. The van der Waals surface area contributed by atoms with Gasteiger partial charge in [-0.3, -0.25) is 10.1 Å². The molecule has 150 valence electrons. The van der Waals surface area contributed by atoms with Gasteiger partial charge >= 0.3 is 12.6 Å². The van der Waals surface area contributed by atoms with E-state index in [1.165, 1.54) is 0 Å². The summed E-state index contributed by atoms with van der Waals surface area (Å²) >= 11 is 0. The van der Waals surface area contributed by atoms with Gasteiger partial charge in [0.15, 0.2) is 11.5 Å². The number of carbonyl (C=O) groups is 1. The molecule has 2 aromatic carbocycles. The van der Waals surface area contributed by atoms with Crippen molar-refractivity contribution in [3.05, 3.63) is 57.6 Å². The van der Waals surface area contributed by atoms with Crippen LogP contribution in [0.1, 0.15) is 15.9 Å². The van der Waals surface area contributed by atoms with Gasteiger partial charge in [0.1, 0.15) is 24.5 Å². The summed E-state index contributed by atoms with van der Waals surface area (Å²) in [5, 5.41) is 11.2. The molecule has 0 aliphatic heterocycles. The van der Waals surface area contributed by atoms with Gasteiger partial charge < -0.3 is 18.9 Å². The van der Waals surface area contributed by atoms with E-state index in [2.05, 4.69) is 4.74 Å². The molecule has 2 aromatic rings. The fourth-order valence-electron chi connectivity index (χ4n) is 2.29. The third kappa shape index (κ3) is 5.29. The highest BCUT2D eigenvalue weighted by molar-refractivity contribution is 5.95. The number of carbonyl (C=O) groups excluding carboxylic acids is 1. The second kappa shape index (κ2) is 9.49. The first kappa shape index (κ1) is 20.9. The Balaban J connectivity index is 2.10. The molecule has 0 saturated carbocycles. The van der Waals surface area contributed by atoms with E-state index in [4.69, 9.17) is 14.2 Å². The minimum absolute atomic E-state index is 0.0219. The molecule has 0 bridgehead atoms. The smallest absolute Gasteiger partial charge is 0.387 e. The topological polar surface area (TPSA) is 97.1 Å². The van der Waals surface area contributed by atoms with E-state index in [9.17, 15) is 23.7 Å². The summed E-state index contributed by atoms with van der Waals surface area (Å²) in [5.74, 6) is -1.25. The Hall–Kier alpha value is -3.43. The van der Waals surface area contributed by atoms with Gasteiger partial charge in [0.05, 0.1) is 18.1 Å². The van der Waals surface area contributed by atoms with Crippen molar-refractivity contribution in [2.45, 2.75) is 13.5 Å². The van der Waals surface area contributed by atoms with Crippen molar-refractivity contribution in [3.63, 3.8) is 0 Å². The molecule has 0 heterocycles. The molecule has 0 spiro atoms. The van der Waals surface area contributed by atoms with Crippen molar-refractivity contribution in [1.29, 1.82) is 0 Å². The Kier molecular flexibility index (Phi) is 7.08. The highest BCUT2D eigenvalue weighted by atomic mass is 19.3. The third-order valence-electron chi connectivity index (χ3n) is 3.58. The van der Waals surface area contributed by atoms with Crippen molar-refractivity contribution in [3.8, 4) is 17.2 Å². The maximum absolute atomic E-state index is 12.4. The van der Waals surface area contributed by atoms with Crippen molar-refractivity contribution < 1.29 is 37.4 Å². The van der Waals surface area contributed by atoms with Gasteiger partial charge in [0.25, 0.3) is 5.69 Å². The molecule has 0 fully saturated rings. The lowest BCUT2D eigenvalue weighted by molar-refractivity contribution is -0.385. The quantitative estimate of drug-likeness (QED) is 0.275. The molecule has 2 rings (SSSR count). The lowest BCUT2D eigenvalue weighted by Crippen LogP contribution is -2.14. The van der Waals surface area contributed by atoms with Gasteiger partial charge in [-0.15, -0.1) is 0 Å². The third-order valence-corrected chi connectivity index (χ3v) is 3.58. The monoisotopic (exact) mass is 397 g/mol. The van der Waals surface area contributed by atoms with Crippen molar-refractivity contribution in [1.82, 2.24) is 0 Å².